The van der Waals surface area contributed by atoms with Crippen LogP contribution in [-0.4, -0.2) is 61.0 Å². The molecule has 334 valence electrons. The van der Waals surface area contributed by atoms with Gasteiger partial charge in [0.15, 0.2) is 0 Å². The van der Waals surface area contributed by atoms with Gasteiger partial charge in [-0.2, -0.15) is 0 Å². The molecule has 63 heavy (non-hydrogen) atoms. The van der Waals surface area contributed by atoms with Crippen LogP contribution in [0.4, 0.5) is 0 Å². The molecule has 2 saturated carbocycles. The molecule has 6 aliphatic carbocycles. The number of allylic oxidation sites excluding steroid dienone is 6. The van der Waals surface area contributed by atoms with Crippen molar-refractivity contribution in [2.24, 2.45) is 72.2 Å². The molecule has 2 N–H and O–H groups in total. The van der Waals surface area contributed by atoms with E-state index in [-0.39, 0.29) is 49.7 Å². The highest BCUT2D eigenvalue weighted by atomic mass is 15.0. The van der Waals surface area contributed by atoms with E-state index in [1.54, 1.807) is 11.1 Å². The van der Waals surface area contributed by atoms with Gasteiger partial charge < -0.3 is 5.73 Å². The van der Waals surface area contributed by atoms with E-state index in [1.165, 1.54) is 22.3 Å². The summed E-state index contributed by atoms with van der Waals surface area (Å²) < 4.78 is 0. The molecule has 0 aromatic rings. The number of nitrogens with two attached hydrogens (primary N) is 1. The molecule has 2 bridgehead atoms. The Morgan fingerprint density at radius 2 is 1.16 bits per heavy atom. The zero-order chi connectivity index (χ0) is 49.3. The molecule has 14 radical (unpaired) electrons. The molecule has 6 rings (SSSR count). The SMILES string of the molecule is [B]C1(C)C2=C3C4(CC5=C4[C@@]34[C@@H](C5)C([B])(C)C1(C([B])(C)C([B])(C)C([B])(C)C(N)C(CCC(C)(/C(C)=C(\C)C(C)C)C(C)(C)C(C)(C)C(C)(C)C)C([B])(C)C(C)(C)C(C)(C)C)C4([B])C)C2. The van der Waals surface area contributed by atoms with Gasteiger partial charge in [0.2, 0.25) is 0 Å². The summed E-state index contributed by atoms with van der Waals surface area (Å²) in [5.74, 6) is 0.186. The first-order valence-corrected chi connectivity index (χ1v) is 25.0. The second-order valence-electron chi connectivity index (χ2n) is 29.1. The van der Waals surface area contributed by atoms with Crippen molar-refractivity contribution in [2.75, 3.05) is 0 Å². The third-order valence-corrected chi connectivity index (χ3v) is 25.1. The van der Waals surface area contributed by atoms with Crippen molar-refractivity contribution in [3.63, 3.8) is 0 Å². The first-order valence-electron chi connectivity index (χ1n) is 25.0. The number of rotatable bonds is 14. The Kier molecular flexibility index (Phi) is 11.0. The van der Waals surface area contributed by atoms with Crippen molar-refractivity contribution in [3.8, 4) is 0 Å². The highest BCUT2D eigenvalue weighted by Crippen LogP contribution is 3.08. The van der Waals surface area contributed by atoms with Gasteiger partial charge in [0, 0.05) is 16.9 Å². The molecular weight excluding hydrogens is 750 g/mol. The van der Waals surface area contributed by atoms with E-state index < -0.39 is 54.1 Å². The minimum absolute atomic E-state index is 0.0241. The van der Waals surface area contributed by atoms with E-state index in [2.05, 4.69) is 152 Å². The second-order valence-corrected chi connectivity index (χ2v) is 29.1. The monoisotopic (exact) mass is 840 g/mol. The van der Waals surface area contributed by atoms with Crippen molar-refractivity contribution in [2.45, 2.75) is 242 Å². The highest BCUT2D eigenvalue weighted by Gasteiger charge is 2.95. The quantitative estimate of drug-likeness (QED) is 0.137. The Morgan fingerprint density at radius 3 is 1.60 bits per heavy atom. The van der Waals surface area contributed by atoms with Crippen LogP contribution < -0.4 is 5.73 Å². The topological polar surface area (TPSA) is 26.0 Å². The number of hydrogen-bond donors (Lipinski definition) is 1. The summed E-state index contributed by atoms with van der Waals surface area (Å²) in [4.78, 5) is 0. The van der Waals surface area contributed by atoms with Crippen molar-refractivity contribution in [3.05, 3.63) is 33.4 Å². The summed E-state index contributed by atoms with van der Waals surface area (Å²) >= 11 is 0. The second kappa shape index (κ2) is 13.3. The van der Waals surface area contributed by atoms with E-state index in [9.17, 15) is 0 Å². The van der Waals surface area contributed by atoms with Crippen LogP contribution in [0.25, 0.3) is 0 Å². The predicted octanol–water partition coefficient (Wildman–Crippen LogP) is 13.7. The molecule has 1 nitrogen and oxygen atoms in total. The molecule has 14 atom stereocenters. The zero-order valence-electron chi connectivity index (χ0n) is 45.5. The van der Waals surface area contributed by atoms with Crippen molar-refractivity contribution >= 4 is 54.9 Å². The standard InChI is InChI=1S/C55H88B7N/c1-30(2)31(3)32(4)45(17,44(15,16)42(11,12)40(5,6)7)26-25-34(46(18,56)43(13,14)41(8,9)10)39(63)49(21,59)50(22,60)51(23,61)55-47(19,57)35-29-53-28-33-27-36(48(55,20)58)54(37(33)53,38(35)53)52(55,24)62/h30,34,36,39H,25-29,63H2,1-24H3/b32-31+/t34?,36-,39?,45?,46?,47?,48?,49?,50?,51?,52?,53?,54-,55?/m0/s1. The van der Waals surface area contributed by atoms with Crippen molar-refractivity contribution in [1.82, 2.24) is 0 Å². The van der Waals surface area contributed by atoms with Crippen LogP contribution in [0, 0.1) is 66.5 Å². The van der Waals surface area contributed by atoms with Crippen LogP contribution in [0.15, 0.2) is 33.4 Å². The van der Waals surface area contributed by atoms with E-state index in [4.69, 9.17) is 60.7 Å². The minimum atomic E-state index is -1.36. The van der Waals surface area contributed by atoms with Crippen molar-refractivity contribution < 1.29 is 0 Å². The van der Waals surface area contributed by atoms with E-state index in [1.807, 2.05) is 13.8 Å². The van der Waals surface area contributed by atoms with Crippen LogP contribution in [-0.2, 0) is 0 Å². The maximum Gasteiger partial charge on any atom is 0.0809 e. The average Bonchev–Trinajstić information content (AvgIpc) is 3.31. The van der Waals surface area contributed by atoms with Gasteiger partial charge in [-0.25, -0.2) is 0 Å². The fraction of sp³-hybridized carbons (Fsp3) is 0.891. The Bertz CT molecular complexity index is 2050. The fourth-order valence-electron chi connectivity index (χ4n) is 17.9. The van der Waals surface area contributed by atoms with Gasteiger partial charge in [0.25, 0.3) is 0 Å². The molecule has 6 aliphatic rings. The third-order valence-electron chi connectivity index (χ3n) is 25.1. The van der Waals surface area contributed by atoms with Gasteiger partial charge in [-0.15, -0.1) is 0 Å². The molecule has 0 amide bonds. The Labute approximate surface area is 400 Å². The molecular formula is C55H88B7N. The molecule has 8 heteroatoms. The zero-order valence-corrected chi connectivity index (χ0v) is 45.5. The summed E-state index contributed by atoms with van der Waals surface area (Å²) in [6.07, 6.45) is 4.59. The summed E-state index contributed by atoms with van der Waals surface area (Å²) in [5.41, 5.74) is 14.5. The van der Waals surface area contributed by atoms with E-state index >= 15 is 0 Å². The van der Waals surface area contributed by atoms with Gasteiger partial charge in [-0.05, 0) is 118 Å². The molecule has 0 saturated heterocycles. The average molecular weight is 839 g/mol. The third kappa shape index (κ3) is 5.08. The molecule has 0 aliphatic heterocycles. The molecule has 0 aromatic carbocycles. The number of hydrogen-bond acceptors (Lipinski definition) is 1. The largest absolute Gasteiger partial charge is 0.328 e. The molecule has 0 heterocycles. The first-order chi connectivity index (χ1) is 27.5. The number of fused-ring (bicyclic) bond motifs is 1. The van der Waals surface area contributed by atoms with Crippen LogP contribution in [0.2, 0.25) is 37.2 Å². The minimum Gasteiger partial charge on any atom is -0.328 e. The molecule has 12 unspecified atom stereocenters. The smallest absolute Gasteiger partial charge is 0.0809 e. The van der Waals surface area contributed by atoms with Crippen LogP contribution in [0.1, 0.15) is 198 Å². The van der Waals surface area contributed by atoms with Crippen LogP contribution >= 0.6 is 0 Å². The maximum absolute atomic E-state index is 8.25. The summed E-state index contributed by atoms with van der Waals surface area (Å²) in [6.45, 7) is 55.3. The van der Waals surface area contributed by atoms with Gasteiger partial charge >= 0.3 is 0 Å². The van der Waals surface area contributed by atoms with Gasteiger partial charge in [0.05, 0.1) is 54.9 Å². The lowest BCUT2D eigenvalue weighted by atomic mass is 9.10. The maximum atomic E-state index is 8.25. The lowest BCUT2D eigenvalue weighted by Crippen LogP contribution is -2.73. The summed E-state index contributed by atoms with van der Waals surface area (Å²) in [6, 6.07) is -0.697. The summed E-state index contributed by atoms with van der Waals surface area (Å²) in [7, 11) is 56.6. The van der Waals surface area contributed by atoms with Gasteiger partial charge in [0.1, 0.15) is 0 Å². The fourth-order valence-corrected chi connectivity index (χ4v) is 17.9. The lowest BCUT2D eigenvalue weighted by Gasteiger charge is -2.85. The molecule has 2 spiro atoms. The van der Waals surface area contributed by atoms with Crippen molar-refractivity contribution in [1.29, 1.82) is 0 Å². The lowest BCUT2D eigenvalue weighted by molar-refractivity contribution is -0.0869. The van der Waals surface area contributed by atoms with Gasteiger partial charge in [-0.3, -0.25) is 0 Å². The van der Waals surface area contributed by atoms with E-state index in [0.717, 1.165) is 32.1 Å². The first kappa shape index (κ1) is 52.0. The molecule has 2 fully saturated rings. The van der Waals surface area contributed by atoms with Crippen LogP contribution in [0.3, 0.4) is 0 Å². The molecule has 0 aromatic heterocycles. The van der Waals surface area contributed by atoms with Crippen LogP contribution in [0.5, 0.6) is 0 Å². The van der Waals surface area contributed by atoms with E-state index in [0.29, 0.717) is 5.92 Å². The Balaban J connectivity index is 1.54. The van der Waals surface area contributed by atoms with Gasteiger partial charge in [-0.1, -0.05) is 207 Å². The normalized spacial score (nSPS) is 39.9. The highest BCUT2D eigenvalue weighted by molar-refractivity contribution is 6.37. The Morgan fingerprint density at radius 1 is 0.683 bits per heavy atom. The predicted molar refractivity (Wildman–Crippen MR) is 280 cm³/mol. The Hall–Kier alpha value is -0.365. The summed E-state index contributed by atoms with van der Waals surface area (Å²) in [5, 5.41) is -7.56.